The Kier molecular flexibility index (Phi) is 3.75. The van der Waals surface area contributed by atoms with Gasteiger partial charge in [0.2, 0.25) is 5.95 Å². The number of fused-ring (bicyclic) bond motifs is 1. The van der Waals surface area contributed by atoms with Gasteiger partial charge in [-0.15, -0.1) is 6.42 Å². The minimum Gasteiger partial charge on any atom is -0.394 e. The van der Waals surface area contributed by atoms with Gasteiger partial charge in [-0.05, 0) is 19.3 Å². The van der Waals surface area contributed by atoms with Crippen molar-refractivity contribution in [1.82, 2.24) is 19.5 Å². The summed E-state index contributed by atoms with van der Waals surface area (Å²) < 4.78 is 7.70. The highest BCUT2D eigenvalue weighted by molar-refractivity contribution is 5.85. The van der Waals surface area contributed by atoms with Gasteiger partial charge < -0.3 is 20.5 Å². The normalized spacial score (nSPS) is 27.0. The van der Waals surface area contributed by atoms with Gasteiger partial charge >= 0.3 is 0 Å². The van der Waals surface area contributed by atoms with Gasteiger partial charge in [0.15, 0.2) is 23.2 Å². The van der Waals surface area contributed by atoms with Crippen LogP contribution in [0, 0.1) is 18.3 Å². The predicted octanol–water partition coefficient (Wildman–Crippen LogP) is 0.538. The van der Waals surface area contributed by atoms with Crippen LogP contribution in [0.25, 0.3) is 11.2 Å². The Hall–Kier alpha value is -2.37. The maximum atomic E-state index is 9.37. The number of aliphatic hydroxyl groups is 1. The quantitative estimate of drug-likeness (QED) is 0.793. The summed E-state index contributed by atoms with van der Waals surface area (Å²) in [5.74, 6) is 3.57. The monoisotopic (exact) mass is 328 g/mol. The predicted molar refractivity (Wildman–Crippen MR) is 89.1 cm³/mol. The Labute approximate surface area is 139 Å². The molecule has 8 heteroatoms. The average molecular weight is 328 g/mol. The highest BCUT2D eigenvalue weighted by atomic mass is 16.5. The third-order valence-electron chi connectivity index (χ3n) is 4.71. The minimum atomic E-state index is -0.405. The second-order valence-electron chi connectivity index (χ2n) is 6.26. The van der Waals surface area contributed by atoms with Gasteiger partial charge in [0.05, 0.1) is 25.0 Å². The standard InChI is InChI=1S/C16H20N6O2/c1-2-10-7-11(8-23)24-15(10)22-9-18-12-13(21-5-3-4-6-21)19-16(17)20-14(12)22/h1,9-11,15,23H,3-8H2,(H2,17,19,20)/t10-,11-,15?/m0/s1. The molecule has 2 aromatic rings. The first-order chi connectivity index (χ1) is 11.7. The van der Waals surface area contributed by atoms with Crippen LogP contribution in [0.3, 0.4) is 0 Å². The zero-order valence-corrected chi connectivity index (χ0v) is 13.3. The summed E-state index contributed by atoms with van der Waals surface area (Å²) in [6.07, 6.45) is 9.51. The fourth-order valence-corrected chi connectivity index (χ4v) is 3.53. The van der Waals surface area contributed by atoms with Crippen molar-refractivity contribution in [3.05, 3.63) is 6.33 Å². The van der Waals surface area contributed by atoms with Crippen LogP contribution >= 0.6 is 0 Å². The molecule has 1 unspecified atom stereocenters. The second-order valence-corrected chi connectivity index (χ2v) is 6.26. The Morgan fingerprint density at radius 2 is 2.17 bits per heavy atom. The van der Waals surface area contributed by atoms with Crippen LogP contribution < -0.4 is 10.6 Å². The third kappa shape index (κ3) is 2.37. The van der Waals surface area contributed by atoms with Crippen molar-refractivity contribution in [2.75, 3.05) is 30.3 Å². The summed E-state index contributed by atoms with van der Waals surface area (Å²) >= 11 is 0. The van der Waals surface area contributed by atoms with Crippen LogP contribution in [0.4, 0.5) is 11.8 Å². The van der Waals surface area contributed by atoms with Crippen molar-refractivity contribution < 1.29 is 9.84 Å². The van der Waals surface area contributed by atoms with Crippen molar-refractivity contribution in [2.45, 2.75) is 31.6 Å². The molecule has 0 spiro atoms. The zero-order chi connectivity index (χ0) is 16.7. The summed E-state index contributed by atoms with van der Waals surface area (Å²) in [6.45, 7) is 1.83. The Morgan fingerprint density at radius 3 is 2.88 bits per heavy atom. The van der Waals surface area contributed by atoms with Crippen molar-refractivity contribution >= 4 is 22.9 Å². The van der Waals surface area contributed by atoms with E-state index in [-0.39, 0.29) is 24.6 Å². The molecule has 3 atom stereocenters. The Bertz CT molecular complexity index is 792. The summed E-state index contributed by atoms with van der Waals surface area (Å²) in [5.41, 5.74) is 7.25. The first-order valence-corrected chi connectivity index (χ1v) is 8.18. The van der Waals surface area contributed by atoms with Crippen LogP contribution in [-0.2, 0) is 4.74 Å². The molecule has 0 amide bonds. The van der Waals surface area contributed by atoms with Gasteiger partial charge in [0.25, 0.3) is 0 Å². The van der Waals surface area contributed by atoms with Crippen LogP contribution in [0.15, 0.2) is 6.33 Å². The maximum Gasteiger partial charge on any atom is 0.224 e. The Balaban J connectivity index is 1.79. The van der Waals surface area contributed by atoms with E-state index in [2.05, 4.69) is 25.8 Å². The summed E-state index contributed by atoms with van der Waals surface area (Å²) in [4.78, 5) is 15.4. The molecular formula is C16H20N6O2. The van der Waals surface area contributed by atoms with E-state index in [9.17, 15) is 5.11 Å². The summed E-state index contributed by atoms with van der Waals surface area (Å²) in [5, 5.41) is 9.37. The molecule has 2 aromatic heterocycles. The number of aromatic nitrogens is 4. The number of hydrogen-bond donors (Lipinski definition) is 2. The van der Waals surface area contributed by atoms with E-state index < -0.39 is 6.23 Å². The molecule has 0 bridgehead atoms. The molecule has 2 saturated heterocycles. The number of anilines is 2. The number of aliphatic hydroxyl groups excluding tert-OH is 1. The lowest BCUT2D eigenvalue weighted by molar-refractivity contribution is -0.0262. The first-order valence-electron chi connectivity index (χ1n) is 8.18. The summed E-state index contributed by atoms with van der Waals surface area (Å²) in [6, 6.07) is 0. The molecule has 126 valence electrons. The lowest BCUT2D eigenvalue weighted by Crippen LogP contribution is -2.21. The Morgan fingerprint density at radius 1 is 1.38 bits per heavy atom. The number of nitrogens with zero attached hydrogens (tertiary/aromatic N) is 5. The molecular weight excluding hydrogens is 308 g/mol. The van der Waals surface area contributed by atoms with Gasteiger partial charge in [0.1, 0.15) is 0 Å². The number of terminal acetylenes is 1. The fourth-order valence-electron chi connectivity index (χ4n) is 3.53. The molecule has 2 fully saturated rings. The van der Waals surface area contributed by atoms with E-state index in [1.165, 1.54) is 0 Å². The highest BCUT2D eigenvalue weighted by Gasteiger charge is 2.36. The average Bonchev–Trinajstić information content (AvgIpc) is 3.32. The van der Waals surface area contributed by atoms with Gasteiger partial charge in [-0.1, -0.05) is 5.92 Å². The van der Waals surface area contributed by atoms with Crippen LogP contribution in [-0.4, -0.2) is 50.4 Å². The fraction of sp³-hybridized carbons (Fsp3) is 0.562. The van der Waals surface area contributed by atoms with Crippen molar-refractivity contribution in [1.29, 1.82) is 0 Å². The van der Waals surface area contributed by atoms with Gasteiger partial charge in [-0.3, -0.25) is 4.57 Å². The molecule has 0 saturated carbocycles. The highest BCUT2D eigenvalue weighted by Crippen LogP contribution is 2.36. The summed E-state index contributed by atoms with van der Waals surface area (Å²) in [7, 11) is 0. The molecule has 4 heterocycles. The number of ether oxygens (including phenoxy) is 1. The molecule has 4 rings (SSSR count). The number of nitrogen functional groups attached to an aromatic ring is 1. The van der Waals surface area contributed by atoms with Crippen molar-refractivity contribution in [2.24, 2.45) is 5.92 Å². The lowest BCUT2D eigenvalue weighted by atomic mass is 10.0. The molecule has 0 radical (unpaired) electrons. The zero-order valence-electron chi connectivity index (χ0n) is 13.3. The van der Waals surface area contributed by atoms with E-state index in [0.717, 1.165) is 31.7 Å². The first kappa shape index (κ1) is 15.2. The van der Waals surface area contributed by atoms with Crippen molar-refractivity contribution in [3.8, 4) is 12.3 Å². The third-order valence-corrected chi connectivity index (χ3v) is 4.71. The molecule has 2 aliphatic rings. The number of rotatable bonds is 3. The van der Waals surface area contributed by atoms with E-state index in [1.807, 2.05) is 4.57 Å². The SMILES string of the molecule is C#C[C@H]1C[C@@H](CO)OC1n1cnc2c(N3CCCC3)nc(N)nc21. The van der Waals surface area contributed by atoms with E-state index >= 15 is 0 Å². The van der Waals surface area contributed by atoms with E-state index in [0.29, 0.717) is 17.6 Å². The lowest BCUT2D eigenvalue weighted by Gasteiger charge is -2.19. The maximum absolute atomic E-state index is 9.37. The molecule has 8 nitrogen and oxygen atoms in total. The van der Waals surface area contributed by atoms with Crippen LogP contribution in [0.1, 0.15) is 25.5 Å². The van der Waals surface area contributed by atoms with Crippen LogP contribution in [0.2, 0.25) is 0 Å². The number of hydrogen-bond acceptors (Lipinski definition) is 7. The second kappa shape index (κ2) is 5.92. The molecule has 0 aliphatic carbocycles. The molecule has 24 heavy (non-hydrogen) atoms. The van der Waals surface area contributed by atoms with Gasteiger partial charge in [-0.25, -0.2) is 4.98 Å². The van der Waals surface area contributed by atoms with E-state index in [4.69, 9.17) is 16.9 Å². The smallest absolute Gasteiger partial charge is 0.224 e. The minimum absolute atomic E-state index is 0.0581. The van der Waals surface area contributed by atoms with Crippen LogP contribution in [0.5, 0.6) is 0 Å². The molecule has 2 aliphatic heterocycles. The van der Waals surface area contributed by atoms with Crippen molar-refractivity contribution in [3.63, 3.8) is 0 Å². The number of nitrogens with two attached hydrogens (primary N) is 1. The largest absolute Gasteiger partial charge is 0.394 e. The molecule has 0 aromatic carbocycles. The molecule has 3 N–H and O–H groups in total. The van der Waals surface area contributed by atoms with Gasteiger partial charge in [-0.2, -0.15) is 9.97 Å². The van der Waals surface area contributed by atoms with E-state index in [1.54, 1.807) is 6.33 Å². The topological polar surface area (TPSA) is 102 Å². The van der Waals surface area contributed by atoms with Gasteiger partial charge in [0, 0.05) is 13.1 Å². The number of imidazole rings is 1.